The van der Waals surface area contributed by atoms with Crippen molar-refractivity contribution in [3.8, 4) is 0 Å². The lowest BCUT2D eigenvalue weighted by Crippen LogP contribution is -1.99. The van der Waals surface area contributed by atoms with Crippen molar-refractivity contribution in [2.45, 2.75) is 29.5 Å². The zero-order valence-electron chi connectivity index (χ0n) is 10.9. The highest BCUT2D eigenvalue weighted by molar-refractivity contribution is 8.01. The number of Topliss-reactive ketones (excluding diaryl/α,β-unsaturated/α-hetero) is 1. The van der Waals surface area contributed by atoms with Crippen molar-refractivity contribution in [1.82, 2.24) is 9.97 Å². The first-order chi connectivity index (χ1) is 9.51. The van der Waals surface area contributed by atoms with Crippen LogP contribution in [0.4, 0.5) is 0 Å². The molecular formula is C13H12N2O3S2. The van der Waals surface area contributed by atoms with Crippen LogP contribution < -0.4 is 0 Å². The molecule has 0 aliphatic heterocycles. The number of aryl methyl sites for hydroxylation is 1. The Labute approximate surface area is 124 Å². The van der Waals surface area contributed by atoms with E-state index in [-0.39, 0.29) is 10.7 Å². The summed E-state index contributed by atoms with van der Waals surface area (Å²) in [5.41, 5.74) is 0.953. The van der Waals surface area contributed by atoms with Gasteiger partial charge in [-0.25, -0.2) is 9.78 Å². The fourth-order valence-electron chi connectivity index (χ4n) is 1.50. The van der Waals surface area contributed by atoms with Crippen LogP contribution >= 0.6 is 23.1 Å². The monoisotopic (exact) mass is 308 g/mol. The quantitative estimate of drug-likeness (QED) is 0.854. The summed E-state index contributed by atoms with van der Waals surface area (Å²) in [7, 11) is 0. The van der Waals surface area contributed by atoms with Crippen LogP contribution in [-0.4, -0.2) is 26.8 Å². The highest BCUT2D eigenvalue weighted by atomic mass is 32.2. The van der Waals surface area contributed by atoms with E-state index in [4.69, 9.17) is 5.11 Å². The number of rotatable bonds is 5. The molecule has 2 rings (SSSR count). The highest BCUT2D eigenvalue weighted by Gasteiger charge is 2.15. The first-order valence-electron chi connectivity index (χ1n) is 5.89. The van der Waals surface area contributed by atoms with Crippen molar-refractivity contribution in [1.29, 1.82) is 0 Å². The molecule has 0 spiro atoms. The number of hydrogen-bond acceptors (Lipinski definition) is 6. The second kappa shape index (κ2) is 6.15. The molecule has 0 aromatic carbocycles. The maximum atomic E-state index is 11.5. The molecule has 2 aromatic rings. The van der Waals surface area contributed by atoms with E-state index in [1.165, 1.54) is 11.8 Å². The number of carboxylic acid groups (broad SMARTS) is 1. The second-order valence-corrected chi connectivity index (χ2v) is 6.28. The molecule has 1 N–H and O–H groups in total. The predicted octanol–water partition coefficient (Wildman–Crippen LogP) is 3.29. The second-order valence-electron chi connectivity index (χ2n) is 3.96. The molecule has 104 valence electrons. The fourth-order valence-corrected chi connectivity index (χ4v) is 3.47. The predicted molar refractivity (Wildman–Crippen MR) is 76.8 cm³/mol. The number of carboxylic acids is 1. The molecule has 5 nitrogen and oxygen atoms in total. The van der Waals surface area contributed by atoms with Gasteiger partial charge in [-0.05, 0) is 19.1 Å². The zero-order valence-corrected chi connectivity index (χ0v) is 12.5. The average molecular weight is 308 g/mol. The van der Waals surface area contributed by atoms with E-state index in [0.29, 0.717) is 22.1 Å². The summed E-state index contributed by atoms with van der Waals surface area (Å²) in [5, 5.41) is 8.98. The van der Waals surface area contributed by atoms with E-state index in [1.54, 1.807) is 32.2 Å². The lowest BCUT2D eigenvalue weighted by Gasteiger charge is -1.99. The maximum absolute atomic E-state index is 11.5. The smallest absolute Gasteiger partial charge is 0.347 e. The minimum Gasteiger partial charge on any atom is -0.477 e. The van der Waals surface area contributed by atoms with Crippen molar-refractivity contribution >= 4 is 34.9 Å². The van der Waals surface area contributed by atoms with Gasteiger partial charge < -0.3 is 5.11 Å². The summed E-state index contributed by atoms with van der Waals surface area (Å²) in [6.07, 6.45) is 2.03. The molecule has 7 heteroatoms. The maximum Gasteiger partial charge on any atom is 0.347 e. The van der Waals surface area contributed by atoms with Crippen LogP contribution in [0.3, 0.4) is 0 Å². The Balaban J connectivity index is 2.16. The van der Waals surface area contributed by atoms with Gasteiger partial charge >= 0.3 is 5.97 Å². The van der Waals surface area contributed by atoms with Gasteiger partial charge in [-0.2, -0.15) is 0 Å². The van der Waals surface area contributed by atoms with Gasteiger partial charge in [-0.3, -0.25) is 9.78 Å². The summed E-state index contributed by atoms with van der Waals surface area (Å²) < 4.78 is 0.649. The van der Waals surface area contributed by atoms with Gasteiger partial charge in [-0.1, -0.05) is 18.7 Å². The van der Waals surface area contributed by atoms with E-state index in [2.05, 4.69) is 9.97 Å². The SMILES string of the molecule is CCC(=O)c1ccc(Sc2nc(C)c(C(=O)O)s2)cn1. The Morgan fingerprint density at radius 2 is 2.15 bits per heavy atom. The molecule has 0 amide bonds. The topological polar surface area (TPSA) is 80.2 Å². The molecule has 20 heavy (non-hydrogen) atoms. The Morgan fingerprint density at radius 3 is 2.65 bits per heavy atom. The molecular weight excluding hydrogens is 296 g/mol. The summed E-state index contributed by atoms with van der Waals surface area (Å²) >= 11 is 2.47. The Bertz CT molecular complexity index is 650. The number of pyridine rings is 1. The third-order valence-corrected chi connectivity index (χ3v) is 4.70. The zero-order chi connectivity index (χ0) is 14.7. The lowest BCUT2D eigenvalue weighted by molar-refractivity contribution is 0.0701. The third-order valence-electron chi connectivity index (χ3n) is 2.52. The van der Waals surface area contributed by atoms with Crippen LogP contribution in [-0.2, 0) is 0 Å². The van der Waals surface area contributed by atoms with E-state index in [0.717, 1.165) is 16.2 Å². The highest BCUT2D eigenvalue weighted by Crippen LogP contribution is 2.32. The van der Waals surface area contributed by atoms with Crippen molar-refractivity contribution in [3.63, 3.8) is 0 Å². The number of carbonyl (C=O) groups excluding carboxylic acids is 1. The number of carbonyl (C=O) groups is 2. The average Bonchev–Trinajstić information content (AvgIpc) is 2.79. The summed E-state index contributed by atoms with van der Waals surface area (Å²) in [5.74, 6) is -0.964. The lowest BCUT2D eigenvalue weighted by atomic mass is 10.2. The van der Waals surface area contributed by atoms with Gasteiger partial charge in [0, 0.05) is 17.5 Å². The van der Waals surface area contributed by atoms with Crippen LogP contribution in [0.25, 0.3) is 0 Å². The minimum atomic E-state index is -0.964. The van der Waals surface area contributed by atoms with Gasteiger partial charge in [0.2, 0.25) is 0 Å². The molecule has 2 heterocycles. The fraction of sp³-hybridized carbons (Fsp3) is 0.231. The number of thiazole rings is 1. The standard InChI is InChI=1S/C13H12N2O3S2/c1-3-10(16)9-5-4-8(6-14-9)19-13-15-7(2)11(20-13)12(17)18/h4-6H,3H2,1-2H3,(H,17,18). The third kappa shape index (κ3) is 3.23. The first kappa shape index (κ1) is 14.7. The van der Waals surface area contributed by atoms with Crippen molar-refractivity contribution in [2.75, 3.05) is 0 Å². The number of aromatic carboxylic acids is 1. The molecule has 2 aromatic heterocycles. The van der Waals surface area contributed by atoms with Crippen molar-refractivity contribution < 1.29 is 14.7 Å². The summed E-state index contributed by atoms with van der Waals surface area (Å²) in [6.45, 7) is 3.46. The van der Waals surface area contributed by atoms with E-state index in [1.807, 2.05) is 0 Å². The van der Waals surface area contributed by atoms with Gasteiger partial charge in [-0.15, -0.1) is 11.3 Å². The summed E-state index contributed by atoms with van der Waals surface area (Å²) in [6, 6.07) is 3.46. The largest absolute Gasteiger partial charge is 0.477 e. The molecule has 0 unspecified atom stereocenters. The van der Waals surface area contributed by atoms with E-state index in [9.17, 15) is 9.59 Å². The number of nitrogens with zero attached hydrogens (tertiary/aromatic N) is 2. The van der Waals surface area contributed by atoms with Gasteiger partial charge in [0.1, 0.15) is 10.6 Å². The number of aromatic nitrogens is 2. The Kier molecular flexibility index (Phi) is 4.51. The molecule has 0 aliphatic carbocycles. The van der Waals surface area contributed by atoms with Crippen LogP contribution in [0.2, 0.25) is 0 Å². The minimum absolute atomic E-state index is 0.000179. The Hall–Kier alpha value is -1.73. The molecule has 0 bridgehead atoms. The van der Waals surface area contributed by atoms with Crippen LogP contribution in [0.15, 0.2) is 27.6 Å². The van der Waals surface area contributed by atoms with Gasteiger partial charge in [0.25, 0.3) is 0 Å². The van der Waals surface area contributed by atoms with Crippen molar-refractivity contribution in [2.24, 2.45) is 0 Å². The van der Waals surface area contributed by atoms with Crippen LogP contribution in [0.1, 0.15) is 39.2 Å². The molecule has 0 radical (unpaired) electrons. The van der Waals surface area contributed by atoms with Gasteiger partial charge in [0.05, 0.1) is 5.69 Å². The molecule has 0 saturated heterocycles. The van der Waals surface area contributed by atoms with Crippen LogP contribution in [0, 0.1) is 6.92 Å². The number of ketones is 1. The molecule has 0 saturated carbocycles. The normalized spacial score (nSPS) is 10.5. The molecule has 0 atom stereocenters. The summed E-state index contributed by atoms with van der Waals surface area (Å²) in [4.78, 5) is 31.8. The molecule has 0 aliphatic rings. The first-order valence-corrected chi connectivity index (χ1v) is 7.52. The molecule has 0 fully saturated rings. The van der Waals surface area contributed by atoms with Crippen LogP contribution in [0.5, 0.6) is 0 Å². The number of hydrogen-bond donors (Lipinski definition) is 1. The van der Waals surface area contributed by atoms with E-state index >= 15 is 0 Å². The van der Waals surface area contributed by atoms with Crippen molar-refractivity contribution in [3.05, 3.63) is 34.6 Å². The Morgan fingerprint density at radius 1 is 1.40 bits per heavy atom. The van der Waals surface area contributed by atoms with Gasteiger partial charge in [0.15, 0.2) is 10.1 Å². The van der Waals surface area contributed by atoms with E-state index < -0.39 is 5.97 Å².